The third-order valence-electron chi connectivity index (χ3n) is 1.41. The molecule has 0 bridgehead atoms. The van der Waals surface area contributed by atoms with Gasteiger partial charge in [-0.2, -0.15) is 0 Å². The van der Waals surface area contributed by atoms with E-state index in [2.05, 4.69) is 0 Å². The zero-order valence-electron chi connectivity index (χ0n) is 8.23. The molecule has 0 amide bonds. The fourth-order valence-corrected chi connectivity index (χ4v) is 0.659. The topological polar surface area (TPSA) is 54.5 Å². The van der Waals surface area contributed by atoms with Crippen LogP contribution in [0.5, 0.6) is 0 Å². The van der Waals surface area contributed by atoms with Crippen LogP contribution in [0.1, 0.15) is 13.8 Å². The van der Waals surface area contributed by atoms with Crippen molar-refractivity contribution in [2.45, 2.75) is 32.2 Å². The van der Waals surface area contributed by atoms with Crippen LogP contribution in [-0.4, -0.2) is 49.8 Å². The molecule has 1 N–H and O–H groups in total. The van der Waals surface area contributed by atoms with Crippen molar-refractivity contribution in [3.8, 4) is 0 Å². The summed E-state index contributed by atoms with van der Waals surface area (Å²) in [6.07, 6.45) is 0.618. The number of aliphatic hydroxyl groups is 1. The molecule has 4 heteroatoms. The molecule has 0 radical (unpaired) electrons. The Balaban J connectivity index is 0.000000184. The molecule has 2 saturated heterocycles. The van der Waals surface area contributed by atoms with Crippen LogP contribution in [0.2, 0.25) is 0 Å². The molecular formula is C9H18O4. The van der Waals surface area contributed by atoms with Crippen molar-refractivity contribution in [2.75, 3.05) is 26.4 Å². The summed E-state index contributed by atoms with van der Waals surface area (Å²) in [5.41, 5.74) is 0. The van der Waals surface area contributed by atoms with Gasteiger partial charge >= 0.3 is 0 Å². The van der Waals surface area contributed by atoms with Crippen LogP contribution in [-0.2, 0) is 14.2 Å². The molecule has 0 aliphatic carbocycles. The lowest BCUT2D eigenvalue weighted by molar-refractivity contribution is 0.102. The Labute approximate surface area is 78.8 Å². The molecule has 0 spiro atoms. The second kappa shape index (κ2) is 5.54. The molecule has 0 aromatic heterocycles. The zero-order valence-corrected chi connectivity index (χ0v) is 8.23. The highest BCUT2D eigenvalue weighted by Crippen LogP contribution is 2.12. The highest BCUT2D eigenvalue weighted by molar-refractivity contribution is 4.71. The van der Waals surface area contributed by atoms with Crippen LogP contribution >= 0.6 is 0 Å². The van der Waals surface area contributed by atoms with Crippen molar-refractivity contribution in [2.24, 2.45) is 0 Å². The molecule has 78 valence electrons. The van der Waals surface area contributed by atoms with Crippen molar-refractivity contribution >= 4 is 0 Å². The SMILES string of the molecule is C(OCC1CO1)C1CO1.CC(C)O. The van der Waals surface area contributed by atoms with Gasteiger partial charge in [0, 0.05) is 6.10 Å². The first kappa shape index (κ1) is 10.9. The first-order chi connectivity index (χ1) is 6.18. The molecule has 0 saturated carbocycles. The number of hydrogen-bond donors (Lipinski definition) is 1. The van der Waals surface area contributed by atoms with Gasteiger partial charge in [0.25, 0.3) is 0 Å². The fourth-order valence-electron chi connectivity index (χ4n) is 0.659. The lowest BCUT2D eigenvalue weighted by Crippen LogP contribution is -2.06. The van der Waals surface area contributed by atoms with Gasteiger partial charge in [0.05, 0.1) is 26.4 Å². The molecule has 0 aromatic carbocycles. The number of epoxide rings is 2. The maximum absolute atomic E-state index is 8.06. The van der Waals surface area contributed by atoms with Crippen LogP contribution < -0.4 is 0 Å². The minimum Gasteiger partial charge on any atom is -0.394 e. The van der Waals surface area contributed by atoms with E-state index in [1.807, 2.05) is 0 Å². The van der Waals surface area contributed by atoms with E-state index in [1.54, 1.807) is 13.8 Å². The molecule has 2 rings (SSSR count). The van der Waals surface area contributed by atoms with Crippen LogP contribution in [0.4, 0.5) is 0 Å². The van der Waals surface area contributed by atoms with Gasteiger partial charge in [-0.25, -0.2) is 0 Å². The van der Waals surface area contributed by atoms with Crippen molar-refractivity contribution in [1.82, 2.24) is 0 Å². The van der Waals surface area contributed by atoms with Crippen molar-refractivity contribution < 1.29 is 19.3 Å². The summed E-state index contributed by atoms with van der Waals surface area (Å²) < 4.78 is 15.1. The van der Waals surface area contributed by atoms with Crippen LogP contribution in [0.3, 0.4) is 0 Å². The molecule has 13 heavy (non-hydrogen) atoms. The number of aliphatic hydroxyl groups excluding tert-OH is 1. The van der Waals surface area contributed by atoms with Crippen molar-refractivity contribution in [3.63, 3.8) is 0 Å². The van der Waals surface area contributed by atoms with Gasteiger partial charge in [-0.1, -0.05) is 0 Å². The van der Waals surface area contributed by atoms with Crippen LogP contribution in [0.25, 0.3) is 0 Å². The number of ether oxygens (including phenoxy) is 3. The monoisotopic (exact) mass is 190 g/mol. The summed E-state index contributed by atoms with van der Waals surface area (Å²) in [7, 11) is 0. The molecule has 2 aliphatic heterocycles. The fraction of sp³-hybridized carbons (Fsp3) is 1.00. The van der Waals surface area contributed by atoms with Crippen molar-refractivity contribution in [3.05, 3.63) is 0 Å². The van der Waals surface area contributed by atoms with Crippen LogP contribution in [0.15, 0.2) is 0 Å². The Kier molecular flexibility index (Phi) is 4.66. The molecule has 2 unspecified atom stereocenters. The summed E-state index contributed by atoms with van der Waals surface area (Å²) in [6.45, 7) is 6.71. The van der Waals surface area contributed by atoms with E-state index in [4.69, 9.17) is 19.3 Å². The maximum Gasteiger partial charge on any atom is 0.104 e. The van der Waals surface area contributed by atoms with Gasteiger partial charge in [0.2, 0.25) is 0 Å². The van der Waals surface area contributed by atoms with Gasteiger partial charge in [-0.15, -0.1) is 0 Å². The second-order valence-corrected chi connectivity index (χ2v) is 3.54. The quantitative estimate of drug-likeness (QED) is 0.643. The van der Waals surface area contributed by atoms with E-state index in [0.29, 0.717) is 12.2 Å². The predicted octanol–water partition coefficient (Wildman–Crippen LogP) is 0.188. The average molecular weight is 190 g/mol. The molecule has 2 fully saturated rings. The molecular weight excluding hydrogens is 172 g/mol. The number of hydrogen-bond acceptors (Lipinski definition) is 4. The average Bonchev–Trinajstić information content (AvgIpc) is 2.78. The second-order valence-electron chi connectivity index (χ2n) is 3.54. The smallest absolute Gasteiger partial charge is 0.104 e. The van der Waals surface area contributed by atoms with Gasteiger partial charge < -0.3 is 19.3 Å². The van der Waals surface area contributed by atoms with Crippen molar-refractivity contribution in [1.29, 1.82) is 0 Å². The first-order valence-corrected chi connectivity index (χ1v) is 4.67. The van der Waals surface area contributed by atoms with E-state index in [9.17, 15) is 0 Å². The Bertz CT molecular complexity index is 115. The summed E-state index contributed by atoms with van der Waals surface area (Å²) in [6, 6.07) is 0. The van der Waals surface area contributed by atoms with E-state index >= 15 is 0 Å². The molecule has 2 atom stereocenters. The summed E-state index contributed by atoms with van der Waals surface area (Å²) >= 11 is 0. The highest BCUT2D eigenvalue weighted by Gasteiger charge is 2.26. The van der Waals surface area contributed by atoms with Gasteiger partial charge in [0.15, 0.2) is 0 Å². The summed E-state index contributed by atoms with van der Waals surface area (Å²) in [5, 5.41) is 8.06. The predicted molar refractivity (Wildman–Crippen MR) is 47.7 cm³/mol. The highest BCUT2D eigenvalue weighted by atomic mass is 16.6. The minimum atomic E-state index is -0.167. The lowest BCUT2D eigenvalue weighted by atomic mass is 10.5. The van der Waals surface area contributed by atoms with Gasteiger partial charge in [-0.3, -0.25) is 0 Å². The Morgan fingerprint density at radius 1 is 1.23 bits per heavy atom. The zero-order chi connectivity index (χ0) is 9.68. The van der Waals surface area contributed by atoms with E-state index in [-0.39, 0.29) is 6.10 Å². The van der Waals surface area contributed by atoms with Gasteiger partial charge in [0.1, 0.15) is 12.2 Å². The Morgan fingerprint density at radius 2 is 1.54 bits per heavy atom. The Hall–Kier alpha value is -0.160. The third kappa shape index (κ3) is 8.18. The largest absolute Gasteiger partial charge is 0.394 e. The standard InChI is InChI=1S/C6H10O3.C3H8O/c1(5-3-8-5)7-2-6-4-9-6;1-3(2)4/h5-6H,1-4H2;3-4H,1-2H3. The molecule has 0 aromatic rings. The van der Waals surface area contributed by atoms with E-state index in [0.717, 1.165) is 26.4 Å². The number of rotatable bonds is 4. The summed E-state index contributed by atoms with van der Waals surface area (Å²) in [4.78, 5) is 0. The molecule has 2 aliphatic rings. The van der Waals surface area contributed by atoms with E-state index in [1.165, 1.54) is 0 Å². The van der Waals surface area contributed by atoms with Crippen LogP contribution in [0, 0.1) is 0 Å². The maximum atomic E-state index is 8.06. The van der Waals surface area contributed by atoms with E-state index < -0.39 is 0 Å². The lowest BCUT2D eigenvalue weighted by Gasteiger charge is -1.95. The van der Waals surface area contributed by atoms with Gasteiger partial charge in [-0.05, 0) is 13.8 Å². The summed E-state index contributed by atoms with van der Waals surface area (Å²) in [5.74, 6) is 0. The third-order valence-corrected chi connectivity index (χ3v) is 1.41. The first-order valence-electron chi connectivity index (χ1n) is 4.67. The molecule has 2 heterocycles. The minimum absolute atomic E-state index is 0.167. The Morgan fingerprint density at radius 3 is 1.77 bits per heavy atom. The normalized spacial score (nSPS) is 29.5. The molecule has 4 nitrogen and oxygen atoms in total.